The Morgan fingerprint density at radius 2 is 1.81 bits per heavy atom. The molecule has 1 aromatic rings. The second-order valence-corrected chi connectivity index (χ2v) is 9.36. The van der Waals surface area contributed by atoms with E-state index in [1.54, 1.807) is 13.8 Å². The molecule has 0 radical (unpaired) electrons. The summed E-state index contributed by atoms with van der Waals surface area (Å²) in [5, 5.41) is 2.65. The van der Waals surface area contributed by atoms with Crippen LogP contribution in [0.3, 0.4) is 0 Å². The van der Waals surface area contributed by atoms with Gasteiger partial charge in [-0.3, -0.25) is 9.59 Å². The highest BCUT2D eigenvalue weighted by Crippen LogP contribution is 2.34. The Labute approximate surface area is 180 Å². The Hall–Kier alpha value is -2.13. The van der Waals surface area contributed by atoms with Gasteiger partial charge in [0.25, 0.3) is 0 Å². The van der Waals surface area contributed by atoms with E-state index in [4.69, 9.17) is 5.73 Å². The van der Waals surface area contributed by atoms with Gasteiger partial charge in [0.2, 0.25) is 11.8 Å². The van der Waals surface area contributed by atoms with Crippen LogP contribution in [0.15, 0.2) is 24.3 Å². The van der Waals surface area contributed by atoms with Crippen LogP contribution in [-0.2, 0) is 15.8 Å². The third-order valence-electron chi connectivity index (χ3n) is 6.35. The molecular formula is C22H31F3N4O2. The molecule has 3 rings (SSSR count). The standard InChI is InChI=1S/C22H31F3N4O2/c1-21(2,26)20(31)29-9-7-14(8-10-29)18-11-15(13-28(18)3)19(30)27-17-6-4-5-16(12-17)22(23,24)25/h4-6,12,14-15,18H,7-11,13,26H2,1-3H3,(H,27,30)/t15-,18-/m0/s1. The Morgan fingerprint density at radius 1 is 1.16 bits per heavy atom. The molecule has 2 amide bonds. The molecule has 6 nitrogen and oxygen atoms in total. The summed E-state index contributed by atoms with van der Waals surface area (Å²) >= 11 is 0. The third-order valence-corrected chi connectivity index (χ3v) is 6.35. The van der Waals surface area contributed by atoms with Crippen molar-refractivity contribution in [1.29, 1.82) is 0 Å². The average Bonchev–Trinajstić information content (AvgIpc) is 3.08. The Balaban J connectivity index is 1.56. The van der Waals surface area contributed by atoms with E-state index in [9.17, 15) is 22.8 Å². The molecule has 31 heavy (non-hydrogen) atoms. The molecule has 1 aromatic carbocycles. The first-order chi connectivity index (χ1) is 14.4. The second kappa shape index (κ2) is 8.78. The molecule has 172 valence electrons. The molecule has 2 heterocycles. The molecule has 3 N–H and O–H groups in total. The first-order valence-corrected chi connectivity index (χ1v) is 10.6. The lowest BCUT2D eigenvalue weighted by Gasteiger charge is -2.39. The van der Waals surface area contributed by atoms with Crippen LogP contribution in [-0.4, -0.2) is 59.9 Å². The van der Waals surface area contributed by atoms with Crippen molar-refractivity contribution in [3.63, 3.8) is 0 Å². The van der Waals surface area contributed by atoms with E-state index in [0.29, 0.717) is 32.0 Å². The summed E-state index contributed by atoms with van der Waals surface area (Å²) in [6.45, 7) is 5.27. The van der Waals surface area contributed by atoms with Gasteiger partial charge in [0.05, 0.1) is 17.0 Å². The van der Waals surface area contributed by atoms with Gasteiger partial charge < -0.3 is 20.9 Å². The van der Waals surface area contributed by atoms with Crippen molar-refractivity contribution < 1.29 is 22.8 Å². The van der Waals surface area contributed by atoms with Crippen LogP contribution in [0.2, 0.25) is 0 Å². The quantitative estimate of drug-likeness (QED) is 0.755. The minimum Gasteiger partial charge on any atom is -0.341 e. The number of carbonyl (C=O) groups is 2. The maximum atomic E-state index is 12.9. The van der Waals surface area contributed by atoms with Crippen LogP contribution < -0.4 is 11.1 Å². The number of hydrogen-bond donors (Lipinski definition) is 2. The highest BCUT2D eigenvalue weighted by Gasteiger charge is 2.40. The van der Waals surface area contributed by atoms with Gasteiger partial charge in [0.1, 0.15) is 0 Å². The van der Waals surface area contributed by atoms with E-state index in [0.717, 1.165) is 25.0 Å². The minimum atomic E-state index is -4.45. The van der Waals surface area contributed by atoms with Gasteiger partial charge in [-0.25, -0.2) is 0 Å². The Kier molecular flexibility index (Phi) is 6.67. The molecule has 0 saturated carbocycles. The number of rotatable bonds is 4. The van der Waals surface area contributed by atoms with E-state index in [1.807, 2.05) is 11.9 Å². The van der Waals surface area contributed by atoms with Crippen molar-refractivity contribution in [2.24, 2.45) is 17.6 Å². The Bertz CT molecular complexity index is 814. The highest BCUT2D eigenvalue weighted by atomic mass is 19.4. The van der Waals surface area contributed by atoms with Gasteiger partial charge in [-0.2, -0.15) is 13.2 Å². The molecular weight excluding hydrogens is 409 g/mol. The van der Waals surface area contributed by atoms with E-state index in [2.05, 4.69) is 10.2 Å². The van der Waals surface area contributed by atoms with Crippen molar-refractivity contribution in [3.8, 4) is 0 Å². The summed E-state index contributed by atoms with van der Waals surface area (Å²) in [7, 11) is 1.97. The molecule has 9 heteroatoms. The number of likely N-dealkylation sites (tertiary alicyclic amines) is 2. The van der Waals surface area contributed by atoms with Gasteiger partial charge in [-0.15, -0.1) is 0 Å². The Morgan fingerprint density at radius 3 is 2.39 bits per heavy atom. The summed E-state index contributed by atoms with van der Waals surface area (Å²) < 4.78 is 38.7. The number of benzene rings is 1. The first-order valence-electron chi connectivity index (χ1n) is 10.6. The smallest absolute Gasteiger partial charge is 0.341 e. The average molecular weight is 441 g/mol. The van der Waals surface area contributed by atoms with Crippen LogP contribution in [0.5, 0.6) is 0 Å². The number of piperidine rings is 1. The predicted octanol–water partition coefficient (Wildman–Crippen LogP) is 2.94. The van der Waals surface area contributed by atoms with Crippen molar-refractivity contribution in [2.75, 3.05) is 32.0 Å². The summed E-state index contributed by atoms with van der Waals surface area (Å²) in [6, 6.07) is 4.91. The zero-order valence-electron chi connectivity index (χ0n) is 18.2. The normalized spacial score (nSPS) is 23.8. The van der Waals surface area contributed by atoms with Crippen LogP contribution in [0.4, 0.5) is 18.9 Å². The first kappa shape index (κ1) is 23.5. The highest BCUT2D eigenvalue weighted by molar-refractivity contribution is 5.93. The topological polar surface area (TPSA) is 78.7 Å². The third kappa shape index (κ3) is 5.57. The molecule has 2 fully saturated rings. The molecule has 0 unspecified atom stereocenters. The van der Waals surface area contributed by atoms with E-state index < -0.39 is 17.3 Å². The van der Waals surface area contributed by atoms with Gasteiger partial charge in [-0.1, -0.05) is 6.07 Å². The van der Waals surface area contributed by atoms with E-state index >= 15 is 0 Å². The van der Waals surface area contributed by atoms with Crippen molar-refractivity contribution >= 4 is 17.5 Å². The van der Waals surface area contributed by atoms with Crippen LogP contribution in [0, 0.1) is 11.8 Å². The molecule has 2 saturated heterocycles. The summed E-state index contributed by atoms with van der Waals surface area (Å²) in [5.74, 6) is -0.233. The number of anilines is 1. The number of halogens is 3. The fraction of sp³-hybridized carbons (Fsp3) is 0.636. The van der Waals surface area contributed by atoms with Crippen molar-refractivity contribution in [1.82, 2.24) is 9.80 Å². The number of carbonyl (C=O) groups excluding carboxylic acids is 2. The number of hydrogen-bond acceptors (Lipinski definition) is 4. The number of alkyl halides is 3. The number of nitrogens with one attached hydrogen (secondary N) is 1. The molecule has 0 spiro atoms. The van der Waals surface area contributed by atoms with Gasteiger partial charge in [0.15, 0.2) is 0 Å². The summed E-state index contributed by atoms with van der Waals surface area (Å²) in [5.41, 5.74) is 4.42. The maximum absolute atomic E-state index is 12.9. The van der Waals surface area contributed by atoms with Gasteiger partial charge in [-0.05, 0) is 64.3 Å². The molecule has 2 atom stereocenters. The van der Waals surface area contributed by atoms with Crippen LogP contribution in [0.25, 0.3) is 0 Å². The van der Waals surface area contributed by atoms with Crippen molar-refractivity contribution in [2.45, 2.75) is 50.9 Å². The number of amides is 2. The molecule has 0 aliphatic carbocycles. The molecule has 2 aliphatic rings. The van der Waals surface area contributed by atoms with Crippen LogP contribution in [0.1, 0.15) is 38.7 Å². The maximum Gasteiger partial charge on any atom is 0.416 e. The lowest BCUT2D eigenvalue weighted by atomic mass is 9.86. The number of nitrogens with two attached hydrogens (primary N) is 1. The largest absolute Gasteiger partial charge is 0.416 e. The van der Waals surface area contributed by atoms with Crippen molar-refractivity contribution in [3.05, 3.63) is 29.8 Å². The lowest BCUT2D eigenvalue weighted by Crippen LogP contribution is -2.54. The van der Waals surface area contributed by atoms with Gasteiger partial charge >= 0.3 is 6.18 Å². The van der Waals surface area contributed by atoms with E-state index in [-0.39, 0.29) is 29.5 Å². The van der Waals surface area contributed by atoms with Gasteiger partial charge in [0, 0.05) is 31.4 Å². The molecule has 0 aromatic heterocycles. The fourth-order valence-corrected chi connectivity index (χ4v) is 4.68. The second-order valence-electron chi connectivity index (χ2n) is 9.36. The zero-order valence-corrected chi connectivity index (χ0v) is 18.2. The zero-order chi connectivity index (χ0) is 23.0. The molecule has 2 aliphatic heterocycles. The predicted molar refractivity (Wildman–Crippen MR) is 112 cm³/mol. The summed E-state index contributed by atoms with van der Waals surface area (Å²) in [6.07, 6.45) is -2.10. The van der Waals surface area contributed by atoms with Crippen LogP contribution >= 0.6 is 0 Å². The summed E-state index contributed by atoms with van der Waals surface area (Å²) in [4.78, 5) is 29.1. The number of nitrogens with zero attached hydrogens (tertiary/aromatic N) is 2. The fourth-order valence-electron chi connectivity index (χ4n) is 4.68. The lowest BCUT2D eigenvalue weighted by molar-refractivity contribution is -0.138. The monoisotopic (exact) mass is 440 g/mol. The minimum absolute atomic E-state index is 0.0518. The SMILES string of the molecule is CN1C[C@@H](C(=O)Nc2cccc(C(F)(F)F)c2)C[C@H]1C1CCN(C(=O)C(C)(C)N)CC1. The molecule has 0 bridgehead atoms. The van der Waals surface area contributed by atoms with E-state index in [1.165, 1.54) is 12.1 Å².